The zero-order valence-corrected chi connectivity index (χ0v) is 14.0. The number of amides is 1. The Bertz CT molecular complexity index is 656. The fourth-order valence-electron chi connectivity index (χ4n) is 2.03. The normalized spacial score (nSPS) is 12.0. The van der Waals surface area contributed by atoms with Crippen LogP contribution in [0.15, 0.2) is 42.5 Å². The molecule has 0 aromatic heterocycles. The summed E-state index contributed by atoms with van der Waals surface area (Å²) in [6.07, 6.45) is -0.340. The number of carbonyl (C=O) groups excluding carboxylic acids is 1. The molecule has 0 saturated carbocycles. The summed E-state index contributed by atoms with van der Waals surface area (Å²) in [5.41, 5.74) is 1.21. The molecular formula is C16H14Cl3NO2. The molecule has 2 rings (SSSR count). The number of carbonyl (C=O) groups is 1. The lowest BCUT2D eigenvalue weighted by molar-refractivity contribution is 0.0828. The van der Waals surface area contributed by atoms with Gasteiger partial charge in [-0.3, -0.25) is 4.79 Å². The predicted octanol–water partition coefficient (Wildman–Crippen LogP) is 4.76. The first-order valence-electron chi connectivity index (χ1n) is 6.52. The Labute approximate surface area is 144 Å². The van der Waals surface area contributed by atoms with Gasteiger partial charge in [0.1, 0.15) is 6.10 Å². The number of hydrogen-bond donors (Lipinski definition) is 1. The van der Waals surface area contributed by atoms with Gasteiger partial charge in [-0.15, -0.1) is 0 Å². The van der Waals surface area contributed by atoms with E-state index < -0.39 is 0 Å². The number of nitrogens with one attached hydrogen (secondary N) is 1. The van der Waals surface area contributed by atoms with Crippen LogP contribution >= 0.6 is 34.8 Å². The highest BCUT2D eigenvalue weighted by molar-refractivity contribution is 6.35. The highest BCUT2D eigenvalue weighted by atomic mass is 35.5. The molecular weight excluding hydrogens is 345 g/mol. The standard InChI is InChI=1S/C16H14Cl3NO2/c1-22-15(13-4-2-3-5-14(13)19)9-20-16(21)10-6-11(17)8-12(18)7-10/h2-8,15H,9H2,1H3,(H,20,21). The summed E-state index contributed by atoms with van der Waals surface area (Å²) in [4.78, 5) is 12.2. The third-order valence-electron chi connectivity index (χ3n) is 3.11. The van der Waals surface area contributed by atoms with Crippen LogP contribution in [-0.2, 0) is 4.74 Å². The third kappa shape index (κ3) is 4.37. The van der Waals surface area contributed by atoms with E-state index in [2.05, 4.69) is 5.32 Å². The van der Waals surface area contributed by atoms with Gasteiger partial charge in [-0.05, 0) is 24.3 Å². The van der Waals surface area contributed by atoms with Gasteiger partial charge in [-0.1, -0.05) is 53.0 Å². The van der Waals surface area contributed by atoms with Crippen LogP contribution in [-0.4, -0.2) is 19.6 Å². The van der Waals surface area contributed by atoms with Crippen molar-refractivity contribution >= 4 is 40.7 Å². The Hall–Kier alpha value is -1.26. The Morgan fingerprint density at radius 3 is 2.36 bits per heavy atom. The first-order chi connectivity index (χ1) is 10.5. The number of benzene rings is 2. The van der Waals surface area contributed by atoms with Gasteiger partial charge in [0.15, 0.2) is 0 Å². The largest absolute Gasteiger partial charge is 0.375 e. The van der Waals surface area contributed by atoms with E-state index in [4.69, 9.17) is 39.5 Å². The molecule has 22 heavy (non-hydrogen) atoms. The van der Waals surface area contributed by atoms with Crippen LogP contribution in [0.1, 0.15) is 22.0 Å². The average molecular weight is 359 g/mol. The fraction of sp³-hybridized carbons (Fsp3) is 0.188. The molecule has 2 aromatic carbocycles. The lowest BCUT2D eigenvalue weighted by Crippen LogP contribution is -2.29. The van der Waals surface area contributed by atoms with Gasteiger partial charge in [0.2, 0.25) is 0 Å². The SMILES string of the molecule is COC(CNC(=O)c1cc(Cl)cc(Cl)c1)c1ccccc1Cl. The van der Waals surface area contributed by atoms with Crippen molar-refractivity contribution in [1.82, 2.24) is 5.32 Å². The summed E-state index contributed by atoms with van der Waals surface area (Å²) < 4.78 is 5.40. The molecule has 2 aromatic rings. The van der Waals surface area contributed by atoms with E-state index in [0.717, 1.165) is 5.56 Å². The zero-order chi connectivity index (χ0) is 16.1. The van der Waals surface area contributed by atoms with Crippen molar-refractivity contribution in [2.75, 3.05) is 13.7 Å². The van der Waals surface area contributed by atoms with Gasteiger partial charge < -0.3 is 10.1 Å². The van der Waals surface area contributed by atoms with Crippen LogP contribution in [0.2, 0.25) is 15.1 Å². The Morgan fingerprint density at radius 2 is 1.77 bits per heavy atom. The minimum Gasteiger partial charge on any atom is -0.375 e. The second kappa shape index (κ2) is 7.84. The Morgan fingerprint density at radius 1 is 1.14 bits per heavy atom. The topological polar surface area (TPSA) is 38.3 Å². The molecule has 0 heterocycles. The minimum absolute atomic E-state index is 0.279. The molecule has 0 aliphatic rings. The Kier molecular flexibility index (Phi) is 6.09. The summed E-state index contributed by atoms with van der Waals surface area (Å²) >= 11 is 17.9. The number of ether oxygens (including phenoxy) is 1. The number of rotatable bonds is 5. The summed E-state index contributed by atoms with van der Waals surface area (Å²) in [5.74, 6) is -0.279. The van der Waals surface area contributed by atoms with Crippen molar-refractivity contribution < 1.29 is 9.53 Å². The minimum atomic E-state index is -0.340. The van der Waals surface area contributed by atoms with Crippen LogP contribution in [0.4, 0.5) is 0 Å². The van der Waals surface area contributed by atoms with Crippen LogP contribution < -0.4 is 5.32 Å². The zero-order valence-electron chi connectivity index (χ0n) is 11.8. The molecule has 1 atom stereocenters. The van der Waals surface area contributed by atoms with E-state index in [1.54, 1.807) is 31.4 Å². The molecule has 0 aliphatic heterocycles. The highest BCUT2D eigenvalue weighted by Gasteiger charge is 2.16. The van der Waals surface area contributed by atoms with Crippen molar-refractivity contribution in [3.63, 3.8) is 0 Å². The van der Waals surface area contributed by atoms with Crippen LogP contribution in [0, 0.1) is 0 Å². The predicted molar refractivity (Wildman–Crippen MR) is 90.0 cm³/mol. The van der Waals surface area contributed by atoms with E-state index in [1.807, 2.05) is 18.2 Å². The van der Waals surface area contributed by atoms with E-state index in [-0.39, 0.29) is 18.6 Å². The third-order valence-corrected chi connectivity index (χ3v) is 3.89. The number of methoxy groups -OCH3 is 1. The first-order valence-corrected chi connectivity index (χ1v) is 7.66. The highest BCUT2D eigenvalue weighted by Crippen LogP contribution is 2.24. The van der Waals surface area contributed by atoms with Crippen LogP contribution in [0.3, 0.4) is 0 Å². The second-order valence-electron chi connectivity index (χ2n) is 4.61. The smallest absolute Gasteiger partial charge is 0.251 e. The molecule has 0 saturated heterocycles. The lowest BCUT2D eigenvalue weighted by atomic mass is 10.1. The van der Waals surface area contributed by atoms with Crippen molar-refractivity contribution in [2.45, 2.75) is 6.10 Å². The molecule has 0 fully saturated rings. The maximum atomic E-state index is 12.2. The molecule has 3 nitrogen and oxygen atoms in total. The van der Waals surface area contributed by atoms with Crippen molar-refractivity contribution in [1.29, 1.82) is 0 Å². The first kappa shape index (κ1) is 17.1. The van der Waals surface area contributed by atoms with Crippen LogP contribution in [0.5, 0.6) is 0 Å². The van der Waals surface area contributed by atoms with Gasteiger partial charge in [-0.2, -0.15) is 0 Å². The fourth-order valence-corrected chi connectivity index (χ4v) is 2.81. The molecule has 6 heteroatoms. The maximum absolute atomic E-state index is 12.2. The summed E-state index contributed by atoms with van der Waals surface area (Å²) in [6, 6.07) is 12.0. The lowest BCUT2D eigenvalue weighted by Gasteiger charge is -2.18. The van der Waals surface area contributed by atoms with Crippen molar-refractivity contribution in [2.24, 2.45) is 0 Å². The van der Waals surface area contributed by atoms with Gasteiger partial charge in [0.05, 0.1) is 0 Å². The maximum Gasteiger partial charge on any atom is 0.251 e. The Balaban J connectivity index is 2.07. The number of halogens is 3. The molecule has 1 amide bonds. The van der Waals surface area contributed by atoms with Crippen LogP contribution in [0.25, 0.3) is 0 Å². The van der Waals surface area contributed by atoms with Gasteiger partial charge in [0, 0.05) is 39.8 Å². The van der Waals surface area contributed by atoms with Crippen molar-refractivity contribution in [3.8, 4) is 0 Å². The number of hydrogen-bond acceptors (Lipinski definition) is 2. The monoisotopic (exact) mass is 357 g/mol. The van der Waals surface area contributed by atoms with E-state index in [1.165, 1.54) is 0 Å². The molecule has 0 spiro atoms. The van der Waals surface area contributed by atoms with E-state index in [9.17, 15) is 4.79 Å². The summed E-state index contributed by atoms with van der Waals surface area (Å²) in [6.45, 7) is 0.281. The van der Waals surface area contributed by atoms with E-state index >= 15 is 0 Å². The van der Waals surface area contributed by atoms with Gasteiger partial charge in [-0.25, -0.2) is 0 Å². The molecule has 0 radical (unpaired) electrons. The summed E-state index contributed by atoms with van der Waals surface area (Å²) in [7, 11) is 1.57. The van der Waals surface area contributed by atoms with E-state index in [0.29, 0.717) is 20.6 Å². The van der Waals surface area contributed by atoms with Gasteiger partial charge >= 0.3 is 0 Å². The molecule has 1 unspecified atom stereocenters. The van der Waals surface area contributed by atoms with Crippen molar-refractivity contribution in [3.05, 3.63) is 68.7 Å². The van der Waals surface area contributed by atoms with Gasteiger partial charge in [0.25, 0.3) is 5.91 Å². The molecule has 0 bridgehead atoms. The second-order valence-corrected chi connectivity index (χ2v) is 5.89. The quantitative estimate of drug-likeness (QED) is 0.836. The average Bonchev–Trinajstić information content (AvgIpc) is 2.48. The molecule has 1 N–H and O–H groups in total. The molecule has 0 aliphatic carbocycles. The molecule has 116 valence electrons. The summed E-state index contributed by atoms with van der Waals surface area (Å²) in [5, 5.41) is 4.20.